The molecule has 0 spiro atoms. The molecule has 4 N–H and O–H groups in total. The lowest BCUT2D eigenvalue weighted by Gasteiger charge is -2.21. The van der Waals surface area contributed by atoms with E-state index in [-0.39, 0.29) is 35.7 Å². The van der Waals surface area contributed by atoms with Crippen molar-refractivity contribution in [3.63, 3.8) is 0 Å². The van der Waals surface area contributed by atoms with Gasteiger partial charge in [0.15, 0.2) is 0 Å². The third kappa shape index (κ3) is 3.54. The van der Waals surface area contributed by atoms with Gasteiger partial charge in [-0.2, -0.15) is 0 Å². The molecule has 20 heavy (non-hydrogen) atoms. The van der Waals surface area contributed by atoms with Crippen molar-refractivity contribution in [3.05, 3.63) is 17.7 Å². The summed E-state index contributed by atoms with van der Waals surface area (Å²) in [6.07, 6.45) is 0. The van der Waals surface area contributed by atoms with E-state index in [9.17, 15) is 9.90 Å². The van der Waals surface area contributed by atoms with E-state index >= 15 is 0 Å². The molecule has 0 fully saturated rings. The predicted molar refractivity (Wildman–Crippen MR) is 77.1 cm³/mol. The molecule has 1 aromatic carbocycles. The second-order valence-corrected chi connectivity index (χ2v) is 4.80. The summed E-state index contributed by atoms with van der Waals surface area (Å²) in [7, 11) is 2.97. The molecule has 6 nitrogen and oxygen atoms in total. The SMILES string of the molecule is COc1cc(OC)c(N)c(C(=O)NC(CO)C(C)C)c1. The van der Waals surface area contributed by atoms with Crippen molar-refractivity contribution in [2.45, 2.75) is 19.9 Å². The molecule has 112 valence electrons. The van der Waals surface area contributed by atoms with Gasteiger partial charge in [-0.1, -0.05) is 13.8 Å². The number of benzene rings is 1. The van der Waals surface area contributed by atoms with Gasteiger partial charge in [0.1, 0.15) is 11.5 Å². The molecular formula is C14H22N2O4. The number of nitrogen functional groups attached to an aromatic ring is 1. The maximum Gasteiger partial charge on any atom is 0.253 e. The van der Waals surface area contributed by atoms with Gasteiger partial charge in [0.2, 0.25) is 0 Å². The molecule has 0 aromatic heterocycles. The molecule has 0 aliphatic heterocycles. The molecule has 1 amide bonds. The van der Waals surface area contributed by atoms with Crippen LogP contribution in [0.5, 0.6) is 11.5 Å². The Kier molecular flexibility index (Phi) is 5.64. The molecule has 0 radical (unpaired) electrons. The second kappa shape index (κ2) is 7.00. The van der Waals surface area contributed by atoms with E-state index < -0.39 is 0 Å². The molecular weight excluding hydrogens is 260 g/mol. The fourth-order valence-corrected chi connectivity index (χ4v) is 1.75. The summed E-state index contributed by atoms with van der Waals surface area (Å²) in [4.78, 5) is 12.3. The monoisotopic (exact) mass is 282 g/mol. The van der Waals surface area contributed by atoms with Crippen molar-refractivity contribution in [2.24, 2.45) is 5.92 Å². The average molecular weight is 282 g/mol. The molecule has 0 saturated carbocycles. The number of rotatable bonds is 6. The Bertz CT molecular complexity index is 474. The fourth-order valence-electron chi connectivity index (χ4n) is 1.75. The minimum Gasteiger partial charge on any atom is -0.497 e. The summed E-state index contributed by atoms with van der Waals surface area (Å²) in [6, 6.07) is 2.82. The zero-order valence-electron chi connectivity index (χ0n) is 12.3. The molecule has 1 unspecified atom stereocenters. The number of anilines is 1. The van der Waals surface area contributed by atoms with Crippen LogP contribution in [-0.4, -0.2) is 37.9 Å². The lowest BCUT2D eigenvalue weighted by molar-refractivity contribution is 0.0897. The van der Waals surface area contributed by atoms with Gasteiger partial charge in [0.25, 0.3) is 5.91 Å². The first kappa shape index (κ1) is 16.1. The summed E-state index contributed by atoms with van der Waals surface area (Å²) in [5.41, 5.74) is 6.41. The Morgan fingerprint density at radius 3 is 2.45 bits per heavy atom. The number of aliphatic hydroxyl groups is 1. The number of ether oxygens (including phenoxy) is 2. The molecule has 1 rings (SSSR count). The van der Waals surface area contributed by atoms with Gasteiger partial charge < -0.3 is 25.6 Å². The van der Waals surface area contributed by atoms with E-state index in [2.05, 4.69) is 5.32 Å². The number of amides is 1. The number of methoxy groups -OCH3 is 2. The highest BCUT2D eigenvalue weighted by Gasteiger charge is 2.20. The van der Waals surface area contributed by atoms with Crippen molar-refractivity contribution in [3.8, 4) is 11.5 Å². The molecule has 1 atom stereocenters. The quantitative estimate of drug-likeness (QED) is 0.678. The zero-order valence-corrected chi connectivity index (χ0v) is 12.3. The van der Waals surface area contributed by atoms with Gasteiger partial charge in [-0.15, -0.1) is 0 Å². The molecule has 1 aromatic rings. The molecule has 0 saturated heterocycles. The summed E-state index contributed by atoms with van der Waals surface area (Å²) in [6.45, 7) is 3.69. The van der Waals surface area contributed by atoms with Crippen molar-refractivity contribution in [1.29, 1.82) is 0 Å². The maximum atomic E-state index is 12.3. The second-order valence-electron chi connectivity index (χ2n) is 4.80. The van der Waals surface area contributed by atoms with Crippen LogP contribution in [0.2, 0.25) is 0 Å². The van der Waals surface area contributed by atoms with Crippen molar-refractivity contribution < 1.29 is 19.4 Å². The Labute approximate surface area is 118 Å². The first-order valence-electron chi connectivity index (χ1n) is 6.37. The lowest BCUT2D eigenvalue weighted by Crippen LogP contribution is -2.41. The first-order chi connectivity index (χ1) is 9.44. The van der Waals surface area contributed by atoms with Crippen LogP contribution in [0.1, 0.15) is 24.2 Å². The van der Waals surface area contributed by atoms with Gasteiger partial charge >= 0.3 is 0 Å². The standard InChI is InChI=1S/C14H22N2O4/c1-8(2)11(7-17)16-14(18)10-5-9(19-3)6-12(20-4)13(10)15/h5-6,8,11,17H,7,15H2,1-4H3,(H,16,18). The topological polar surface area (TPSA) is 93.8 Å². The van der Waals surface area contributed by atoms with E-state index in [1.54, 1.807) is 12.1 Å². The molecule has 6 heteroatoms. The highest BCUT2D eigenvalue weighted by atomic mass is 16.5. The average Bonchev–Trinajstić information content (AvgIpc) is 2.44. The van der Waals surface area contributed by atoms with Crippen molar-refractivity contribution in [2.75, 3.05) is 26.6 Å². The third-order valence-electron chi connectivity index (χ3n) is 3.13. The van der Waals surface area contributed by atoms with E-state index in [0.717, 1.165) is 0 Å². The van der Waals surface area contributed by atoms with E-state index in [0.29, 0.717) is 11.5 Å². The summed E-state index contributed by atoms with van der Waals surface area (Å²) in [5.74, 6) is 0.594. The third-order valence-corrected chi connectivity index (χ3v) is 3.13. The Balaban J connectivity index is 3.08. The number of hydrogen-bond acceptors (Lipinski definition) is 5. The highest BCUT2D eigenvalue weighted by molar-refractivity contribution is 6.01. The van der Waals surface area contributed by atoms with E-state index in [1.807, 2.05) is 13.8 Å². The highest BCUT2D eigenvalue weighted by Crippen LogP contribution is 2.31. The van der Waals surface area contributed by atoms with Gasteiger partial charge in [-0.05, 0) is 12.0 Å². The van der Waals surface area contributed by atoms with Gasteiger partial charge in [-0.25, -0.2) is 0 Å². The van der Waals surface area contributed by atoms with Crippen LogP contribution < -0.4 is 20.5 Å². The molecule has 0 aliphatic carbocycles. The smallest absolute Gasteiger partial charge is 0.253 e. The van der Waals surface area contributed by atoms with E-state index in [4.69, 9.17) is 15.2 Å². The summed E-state index contributed by atoms with van der Waals surface area (Å²) >= 11 is 0. The number of hydrogen-bond donors (Lipinski definition) is 3. The van der Waals surface area contributed by atoms with Crippen molar-refractivity contribution in [1.82, 2.24) is 5.32 Å². The van der Waals surface area contributed by atoms with Crippen LogP contribution in [0.25, 0.3) is 0 Å². The minimum absolute atomic E-state index is 0.109. The van der Waals surface area contributed by atoms with Crippen LogP contribution in [0.4, 0.5) is 5.69 Å². The van der Waals surface area contributed by atoms with Crippen LogP contribution in [0.15, 0.2) is 12.1 Å². The van der Waals surface area contributed by atoms with Gasteiger partial charge in [-0.3, -0.25) is 4.79 Å². The number of nitrogens with one attached hydrogen (secondary N) is 1. The normalized spacial score (nSPS) is 12.1. The number of nitrogens with two attached hydrogens (primary N) is 1. The van der Waals surface area contributed by atoms with Gasteiger partial charge in [0.05, 0.1) is 38.1 Å². The molecule has 0 aliphatic rings. The summed E-state index contributed by atoms with van der Waals surface area (Å²) in [5, 5.41) is 12.0. The Morgan fingerprint density at radius 1 is 1.35 bits per heavy atom. The Hall–Kier alpha value is -1.95. The molecule has 0 bridgehead atoms. The van der Waals surface area contributed by atoms with E-state index in [1.165, 1.54) is 14.2 Å². The molecule has 0 heterocycles. The maximum absolute atomic E-state index is 12.3. The zero-order chi connectivity index (χ0) is 15.3. The van der Waals surface area contributed by atoms with Gasteiger partial charge in [0, 0.05) is 6.07 Å². The number of aliphatic hydroxyl groups excluding tert-OH is 1. The van der Waals surface area contributed by atoms with Crippen LogP contribution in [0.3, 0.4) is 0 Å². The predicted octanol–water partition coefficient (Wildman–Crippen LogP) is 1.03. The number of carbonyl (C=O) groups is 1. The Morgan fingerprint density at radius 2 is 2.00 bits per heavy atom. The minimum atomic E-state index is -0.368. The first-order valence-corrected chi connectivity index (χ1v) is 6.37. The summed E-state index contributed by atoms with van der Waals surface area (Å²) < 4.78 is 10.2. The van der Waals surface area contributed by atoms with Crippen LogP contribution in [-0.2, 0) is 0 Å². The van der Waals surface area contributed by atoms with Crippen LogP contribution >= 0.6 is 0 Å². The lowest BCUT2D eigenvalue weighted by atomic mass is 10.0. The van der Waals surface area contributed by atoms with Crippen molar-refractivity contribution >= 4 is 11.6 Å². The largest absolute Gasteiger partial charge is 0.497 e. The number of carbonyl (C=O) groups excluding carboxylic acids is 1. The fraction of sp³-hybridized carbons (Fsp3) is 0.500. The van der Waals surface area contributed by atoms with Crippen LogP contribution in [0, 0.1) is 5.92 Å².